The summed E-state index contributed by atoms with van der Waals surface area (Å²) in [6, 6.07) is 57.4. The van der Waals surface area contributed by atoms with E-state index in [4.69, 9.17) is 9.97 Å². The minimum Gasteiger partial charge on any atom is -0.308 e. The van der Waals surface area contributed by atoms with Crippen molar-refractivity contribution >= 4 is 113 Å². The molecule has 0 radical (unpaired) electrons. The first-order valence-electron chi connectivity index (χ1n) is 18.0. The SMILES string of the molecule is c1ccc2cc(-c3nc(-n4c5ccccc5c5c6c7cc8ccccc8cc7n7c8ccccc8c(cc54)c67)nc4c3sc3ccccc34)ccc2c1. The van der Waals surface area contributed by atoms with Gasteiger partial charge in [-0.25, -0.2) is 9.97 Å². The average molecular weight is 691 g/mol. The standard InChI is InChI=1S/C48H26N4S/c1-2-12-28-23-31(22-21-27(28)11-1)44-47-45(34-17-7-10-20-41(34)53-47)50-48(49-44)52-38-19-9-6-16-33(38)42-40(52)26-35-32-15-5-8-18-37(32)51-39-25-30-14-4-3-13-29(30)24-36(39)43(42)46(35)51/h1-26H. The summed E-state index contributed by atoms with van der Waals surface area (Å²) in [6.07, 6.45) is 0. The Balaban J connectivity index is 1.23. The number of hydrogen-bond donors (Lipinski definition) is 0. The molecule has 0 unspecified atom stereocenters. The van der Waals surface area contributed by atoms with Crippen LogP contribution in [0.4, 0.5) is 0 Å². The molecule has 244 valence electrons. The second kappa shape index (κ2) is 9.94. The molecule has 4 nitrogen and oxygen atoms in total. The third kappa shape index (κ3) is 3.59. The first kappa shape index (κ1) is 27.8. The molecule has 0 amide bonds. The second-order valence-corrected chi connectivity index (χ2v) is 15.2. The molecule has 0 atom stereocenters. The van der Waals surface area contributed by atoms with E-state index in [2.05, 4.69) is 167 Å². The van der Waals surface area contributed by atoms with Crippen LogP contribution in [-0.2, 0) is 0 Å². The highest BCUT2D eigenvalue weighted by Gasteiger charge is 2.26. The Morgan fingerprint density at radius 1 is 0.434 bits per heavy atom. The number of fused-ring (bicyclic) bond motifs is 15. The molecule has 0 aliphatic heterocycles. The van der Waals surface area contributed by atoms with E-state index in [9.17, 15) is 0 Å². The van der Waals surface area contributed by atoms with E-state index >= 15 is 0 Å². The normalized spacial score (nSPS) is 12.5. The van der Waals surface area contributed by atoms with Crippen molar-refractivity contribution in [1.82, 2.24) is 18.9 Å². The van der Waals surface area contributed by atoms with E-state index in [1.807, 2.05) is 0 Å². The highest BCUT2D eigenvalue weighted by atomic mass is 32.1. The van der Waals surface area contributed by atoms with Gasteiger partial charge < -0.3 is 4.40 Å². The van der Waals surface area contributed by atoms with Gasteiger partial charge in [-0.2, -0.15) is 0 Å². The van der Waals surface area contributed by atoms with Crippen LogP contribution in [0.3, 0.4) is 0 Å². The molecule has 0 bridgehead atoms. The van der Waals surface area contributed by atoms with Gasteiger partial charge in [0.25, 0.3) is 0 Å². The van der Waals surface area contributed by atoms with Gasteiger partial charge >= 0.3 is 0 Å². The highest BCUT2D eigenvalue weighted by Crippen LogP contribution is 2.48. The molecule has 0 spiro atoms. The van der Waals surface area contributed by atoms with E-state index < -0.39 is 0 Å². The number of aromatic nitrogens is 4. The summed E-state index contributed by atoms with van der Waals surface area (Å²) in [4.78, 5) is 11.1. The molecule has 0 saturated carbocycles. The third-order valence-corrected chi connectivity index (χ3v) is 12.6. The van der Waals surface area contributed by atoms with Gasteiger partial charge in [0, 0.05) is 48.0 Å². The largest absolute Gasteiger partial charge is 0.308 e. The van der Waals surface area contributed by atoms with Gasteiger partial charge in [0.2, 0.25) is 5.95 Å². The van der Waals surface area contributed by atoms with E-state index in [1.54, 1.807) is 11.3 Å². The average Bonchev–Trinajstić information content (AvgIpc) is 3.94. The lowest BCUT2D eigenvalue weighted by Crippen LogP contribution is -2.02. The predicted octanol–water partition coefficient (Wildman–Crippen LogP) is 13.1. The van der Waals surface area contributed by atoms with E-state index in [0.717, 1.165) is 37.9 Å². The first-order chi connectivity index (χ1) is 26.3. The smallest absolute Gasteiger partial charge is 0.235 e. The fraction of sp³-hybridized carbons (Fsp3) is 0. The van der Waals surface area contributed by atoms with Crippen LogP contribution in [0.5, 0.6) is 0 Å². The minimum atomic E-state index is 0.683. The fourth-order valence-corrected chi connectivity index (χ4v) is 10.3. The topological polar surface area (TPSA) is 35.1 Å². The number of thiophene rings is 1. The summed E-state index contributed by atoms with van der Waals surface area (Å²) in [6.45, 7) is 0. The molecule has 0 aliphatic carbocycles. The number of rotatable bonds is 2. The molecule has 0 N–H and O–H groups in total. The van der Waals surface area contributed by atoms with Crippen LogP contribution < -0.4 is 0 Å². The zero-order valence-corrected chi connectivity index (χ0v) is 29.0. The monoisotopic (exact) mass is 690 g/mol. The maximum Gasteiger partial charge on any atom is 0.235 e. The lowest BCUT2D eigenvalue weighted by atomic mass is 10.0. The van der Waals surface area contributed by atoms with Crippen LogP contribution in [0.25, 0.3) is 119 Å². The van der Waals surface area contributed by atoms with E-state index in [1.165, 1.54) is 75.1 Å². The molecular formula is C48H26N4S. The lowest BCUT2D eigenvalue weighted by molar-refractivity contribution is 1.02. The molecule has 8 aromatic carbocycles. The van der Waals surface area contributed by atoms with Gasteiger partial charge in [-0.1, -0.05) is 115 Å². The van der Waals surface area contributed by atoms with Crippen molar-refractivity contribution in [3.63, 3.8) is 0 Å². The number of benzene rings is 8. The maximum atomic E-state index is 5.56. The molecule has 5 heteroatoms. The molecule has 13 rings (SSSR count). The van der Waals surface area contributed by atoms with Crippen molar-refractivity contribution in [2.45, 2.75) is 0 Å². The van der Waals surface area contributed by atoms with E-state index in [-0.39, 0.29) is 0 Å². The Bertz CT molecular complexity index is 3700. The van der Waals surface area contributed by atoms with Crippen molar-refractivity contribution in [2.75, 3.05) is 0 Å². The maximum absolute atomic E-state index is 5.56. The number of para-hydroxylation sites is 2. The Morgan fingerprint density at radius 2 is 1.11 bits per heavy atom. The quantitative estimate of drug-likeness (QED) is 0.181. The summed E-state index contributed by atoms with van der Waals surface area (Å²) < 4.78 is 7.13. The fourth-order valence-electron chi connectivity index (χ4n) is 9.12. The molecule has 5 aromatic heterocycles. The zero-order chi connectivity index (χ0) is 34.4. The van der Waals surface area contributed by atoms with Gasteiger partial charge in [0.1, 0.15) is 0 Å². The Hall–Kier alpha value is -6.82. The summed E-state index contributed by atoms with van der Waals surface area (Å²) in [5.41, 5.74) is 8.97. The Kier molecular flexibility index (Phi) is 5.22. The highest BCUT2D eigenvalue weighted by molar-refractivity contribution is 7.26. The van der Waals surface area contributed by atoms with Gasteiger partial charge in [-0.05, 0) is 64.0 Å². The van der Waals surface area contributed by atoms with Crippen LogP contribution in [0.1, 0.15) is 0 Å². The second-order valence-electron chi connectivity index (χ2n) is 14.2. The molecule has 0 saturated heterocycles. The van der Waals surface area contributed by atoms with Crippen molar-refractivity contribution in [3.8, 4) is 17.2 Å². The van der Waals surface area contributed by atoms with Crippen LogP contribution in [0.2, 0.25) is 0 Å². The van der Waals surface area contributed by atoms with Crippen LogP contribution in [0, 0.1) is 0 Å². The van der Waals surface area contributed by atoms with Gasteiger partial charge in [-0.3, -0.25) is 4.57 Å². The summed E-state index contributed by atoms with van der Waals surface area (Å²) >= 11 is 1.78. The summed E-state index contributed by atoms with van der Waals surface area (Å²) in [5.74, 6) is 0.683. The number of nitrogens with zero attached hydrogens (tertiary/aromatic N) is 4. The van der Waals surface area contributed by atoms with Crippen molar-refractivity contribution in [1.29, 1.82) is 0 Å². The molecule has 13 aromatic rings. The van der Waals surface area contributed by atoms with Gasteiger partial charge in [0.05, 0.1) is 43.5 Å². The van der Waals surface area contributed by atoms with Gasteiger partial charge in [0.15, 0.2) is 0 Å². The van der Waals surface area contributed by atoms with Crippen molar-refractivity contribution in [3.05, 3.63) is 158 Å². The first-order valence-corrected chi connectivity index (χ1v) is 18.8. The predicted molar refractivity (Wildman–Crippen MR) is 224 cm³/mol. The number of hydrogen-bond acceptors (Lipinski definition) is 3. The molecule has 53 heavy (non-hydrogen) atoms. The van der Waals surface area contributed by atoms with Crippen molar-refractivity contribution in [2.24, 2.45) is 0 Å². The van der Waals surface area contributed by atoms with Crippen LogP contribution in [0.15, 0.2) is 158 Å². The summed E-state index contributed by atoms with van der Waals surface area (Å²) in [7, 11) is 0. The lowest BCUT2D eigenvalue weighted by Gasteiger charge is -2.11. The van der Waals surface area contributed by atoms with Gasteiger partial charge in [-0.15, -0.1) is 11.3 Å². The molecule has 0 fully saturated rings. The van der Waals surface area contributed by atoms with Crippen LogP contribution in [-0.4, -0.2) is 18.9 Å². The molecular weight excluding hydrogens is 665 g/mol. The Morgan fingerprint density at radius 3 is 1.96 bits per heavy atom. The Labute approximate surface area is 305 Å². The van der Waals surface area contributed by atoms with Crippen LogP contribution >= 0.6 is 11.3 Å². The molecule has 5 heterocycles. The molecule has 0 aliphatic rings. The minimum absolute atomic E-state index is 0.683. The van der Waals surface area contributed by atoms with E-state index in [0.29, 0.717) is 5.95 Å². The third-order valence-electron chi connectivity index (χ3n) is 11.4. The van der Waals surface area contributed by atoms with Crippen molar-refractivity contribution < 1.29 is 0 Å². The summed E-state index contributed by atoms with van der Waals surface area (Å²) in [5, 5.41) is 13.5. The zero-order valence-electron chi connectivity index (χ0n) is 28.2.